The maximum atomic E-state index is 6.21. The summed E-state index contributed by atoms with van der Waals surface area (Å²) >= 11 is -1.60. The molecule has 0 bridgehead atoms. The summed E-state index contributed by atoms with van der Waals surface area (Å²) in [7, 11) is 0. The third-order valence-corrected chi connectivity index (χ3v) is 6.89. The quantitative estimate of drug-likeness (QED) is 0.237. The van der Waals surface area contributed by atoms with Gasteiger partial charge in [0.2, 0.25) is 0 Å². The number of ether oxygens (including phenoxy) is 2. The van der Waals surface area contributed by atoms with Crippen LogP contribution >= 0.6 is 0 Å². The van der Waals surface area contributed by atoms with E-state index in [9.17, 15) is 0 Å². The van der Waals surface area contributed by atoms with E-state index in [4.69, 9.17) is 26.5 Å². The molecule has 0 saturated carbocycles. The van der Waals surface area contributed by atoms with E-state index < -0.39 is 18.1 Å². The van der Waals surface area contributed by atoms with Crippen LogP contribution in [0.4, 0.5) is 11.4 Å². The van der Waals surface area contributed by atoms with Crippen LogP contribution in [0.15, 0.2) is 70.6 Å². The van der Waals surface area contributed by atoms with Gasteiger partial charge in [0.05, 0.1) is 0 Å². The van der Waals surface area contributed by atoms with E-state index in [1.165, 1.54) is 0 Å². The van der Waals surface area contributed by atoms with Crippen LogP contribution in [0.1, 0.15) is 50.7 Å². The Bertz CT molecular complexity index is 1090. The van der Waals surface area contributed by atoms with Gasteiger partial charge in [-0.05, 0) is 0 Å². The van der Waals surface area contributed by atoms with Crippen molar-refractivity contribution in [3.05, 3.63) is 71.8 Å². The second-order valence-corrected chi connectivity index (χ2v) is 9.53. The standard InChI is InChI=1S/C28H32N2O4.Ga/c1-3-5-15-33-23-13-11-21(27(31)17-23)19-29-25-9-7-8-10-26(25)30-20-22-12-14-24(18-28(22)32)34-16-6-4-2;/h7-14,17-20,31-32H,3-6,15-16H2,1-2H3;/q;+2/p-2. The number of benzene rings is 3. The zero-order chi connectivity index (χ0) is 24.3. The molecule has 179 valence electrons. The number of nitrogens with zero attached hydrogens (tertiary/aromatic N) is 2. The van der Waals surface area contributed by atoms with E-state index in [1.807, 2.05) is 60.7 Å². The Morgan fingerprint density at radius 3 is 1.63 bits per heavy atom. The fourth-order valence-corrected chi connectivity index (χ4v) is 4.78. The number of aliphatic imine (C=N–C) groups is 2. The molecule has 0 fully saturated rings. The average Bonchev–Trinajstić information content (AvgIpc) is 2.89. The second kappa shape index (κ2) is 13.1. The molecule has 4 rings (SSSR count). The molecule has 3 aromatic rings. The molecule has 0 N–H and O–H groups in total. The van der Waals surface area contributed by atoms with Crippen molar-refractivity contribution >= 4 is 41.9 Å². The first-order valence-electron chi connectivity index (χ1n) is 12.1. The first-order valence-corrected chi connectivity index (χ1v) is 14.1. The molecule has 6 nitrogen and oxygen atoms in total. The van der Waals surface area contributed by atoms with E-state index in [-0.39, 0.29) is 0 Å². The minimum atomic E-state index is -1.60. The van der Waals surface area contributed by atoms with Crippen molar-refractivity contribution in [3.8, 4) is 23.0 Å². The van der Waals surface area contributed by atoms with Gasteiger partial charge in [0.15, 0.2) is 0 Å². The van der Waals surface area contributed by atoms with Crippen molar-refractivity contribution < 1.29 is 16.5 Å². The zero-order valence-corrected chi connectivity index (χ0v) is 22.7. The average molecular weight is 528 g/mol. The first-order chi connectivity index (χ1) is 17.3. The summed E-state index contributed by atoms with van der Waals surface area (Å²) in [5.41, 5.74) is 3.28. The topological polar surface area (TPSA) is 61.6 Å². The van der Waals surface area contributed by atoms with E-state index in [0.717, 1.165) is 59.7 Å². The predicted octanol–water partition coefficient (Wildman–Crippen LogP) is 6.85. The Kier molecular flexibility index (Phi) is 9.31. The molecule has 1 aliphatic rings. The van der Waals surface area contributed by atoms with Crippen LogP contribution in [0.2, 0.25) is 0 Å². The molecule has 0 unspecified atom stereocenters. The Balaban J connectivity index is 1.67. The molecule has 7 heteroatoms. The van der Waals surface area contributed by atoms with Gasteiger partial charge in [-0.25, -0.2) is 0 Å². The van der Waals surface area contributed by atoms with Gasteiger partial charge in [-0.1, -0.05) is 0 Å². The molecule has 0 aliphatic carbocycles. The summed E-state index contributed by atoms with van der Waals surface area (Å²) in [6, 6.07) is 19.5. The molecule has 0 saturated heterocycles. The van der Waals surface area contributed by atoms with Crippen LogP contribution in [0.3, 0.4) is 0 Å². The molecule has 0 aromatic heterocycles. The molecule has 0 atom stereocenters. The van der Waals surface area contributed by atoms with Crippen LogP contribution in [0.25, 0.3) is 0 Å². The summed E-state index contributed by atoms with van der Waals surface area (Å²) in [6.45, 7) is 5.65. The van der Waals surface area contributed by atoms with Gasteiger partial charge in [-0.3, -0.25) is 0 Å². The monoisotopic (exact) mass is 527 g/mol. The molecule has 1 aliphatic heterocycles. The molecule has 0 spiro atoms. The fourth-order valence-electron chi connectivity index (χ4n) is 3.38. The Morgan fingerprint density at radius 1 is 0.686 bits per heavy atom. The number of hydrogen-bond acceptors (Lipinski definition) is 6. The van der Waals surface area contributed by atoms with E-state index >= 15 is 0 Å². The minimum absolute atomic E-state index is 0.678. The second-order valence-electron chi connectivity index (χ2n) is 8.14. The molecule has 3 aromatic carbocycles. The Labute approximate surface area is 215 Å². The molecule has 35 heavy (non-hydrogen) atoms. The van der Waals surface area contributed by atoms with Gasteiger partial charge in [0, 0.05) is 0 Å². The van der Waals surface area contributed by atoms with Crippen molar-refractivity contribution in [3.63, 3.8) is 0 Å². The summed E-state index contributed by atoms with van der Waals surface area (Å²) in [6.07, 6.45) is 7.80. The van der Waals surface area contributed by atoms with Gasteiger partial charge in [-0.15, -0.1) is 0 Å². The molecular weight excluding hydrogens is 498 g/mol. The van der Waals surface area contributed by atoms with Crippen LogP contribution < -0.4 is 16.5 Å². The van der Waals surface area contributed by atoms with E-state index in [1.54, 1.807) is 12.4 Å². The zero-order valence-electron chi connectivity index (χ0n) is 20.3. The fraction of sp³-hybridized carbons (Fsp3) is 0.286. The summed E-state index contributed by atoms with van der Waals surface area (Å²) in [5, 5.41) is 0. The van der Waals surface area contributed by atoms with Gasteiger partial charge in [0.25, 0.3) is 0 Å². The third-order valence-electron chi connectivity index (χ3n) is 5.42. The van der Waals surface area contributed by atoms with Gasteiger partial charge >= 0.3 is 216 Å². The molecule has 0 amide bonds. The van der Waals surface area contributed by atoms with Crippen LogP contribution in [0, 0.1) is 0 Å². The molecule has 1 heterocycles. The van der Waals surface area contributed by atoms with Crippen molar-refractivity contribution in [1.29, 1.82) is 0 Å². The maximum absolute atomic E-state index is 6.21. The predicted molar refractivity (Wildman–Crippen MR) is 142 cm³/mol. The van der Waals surface area contributed by atoms with E-state index in [2.05, 4.69) is 13.8 Å². The van der Waals surface area contributed by atoms with Crippen LogP contribution in [0.5, 0.6) is 23.0 Å². The number of rotatable bonds is 8. The summed E-state index contributed by atoms with van der Waals surface area (Å²) in [5.74, 6) is 2.97. The molecule has 1 radical (unpaired) electrons. The number of para-hydroxylation sites is 2. The Hall–Kier alpha value is -3.16. The van der Waals surface area contributed by atoms with Crippen molar-refractivity contribution in [2.75, 3.05) is 13.2 Å². The van der Waals surface area contributed by atoms with Gasteiger partial charge in [-0.2, -0.15) is 0 Å². The SMILES string of the molecule is CCCCOc1ccc2c(c1)[O][Ga][O]c1cc(OCCCC)ccc1C=Nc1ccccc1N=C2. The van der Waals surface area contributed by atoms with Gasteiger partial charge < -0.3 is 0 Å². The van der Waals surface area contributed by atoms with Crippen molar-refractivity contribution in [2.45, 2.75) is 39.5 Å². The summed E-state index contributed by atoms with van der Waals surface area (Å²) in [4.78, 5) is 9.41. The number of unbranched alkanes of at least 4 members (excludes halogenated alkanes) is 2. The summed E-state index contributed by atoms with van der Waals surface area (Å²) < 4.78 is 24.2. The Morgan fingerprint density at radius 2 is 1.17 bits per heavy atom. The van der Waals surface area contributed by atoms with Crippen molar-refractivity contribution in [1.82, 2.24) is 0 Å². The number of fused-ring (bicyclic) bond motifs is 3. The van der Waals surface area contributed by atoms with Crippen LogP contribution in [-0.2, 0) is 0 Å². The first kappa shape index (κ1) is 24.9. The van der Waals surface area contributed by atoms with Gasteiger partial charge in [0.1, 0.15) is 0 Å². The third kappa shape index (κ3) is 7.16. The normalized spacial score (nSPS) is 12.3. The van der Waals surface area contributed by atoms with E-state index in [0.29, 0.717) is 24.7 Å². The number of hydrogen-bond donors (Lipinski definition) is 0. The molecular formula is C28H30GaN2O4. The van der Waals surface area contributed by atoms with Crippen molar-refractivity contribution in [2.24, 2.45) is 9.98 Å². The van der Waals surface area contributed by atoms with Crippen LogP contribution in [-0.4, -0.2) is 43.8 Å².